The second kappa shape index (κ2) is 61.4. The first-order chi connectivity index (χ1) is 40.2. The highest BCUT2D eigenvalue weighted by atomic mass is 15.0. The Bertz CT molecular complexity index is 1300. The van der Waals surface area contributed by atoms with Gasteiger partial charge in [0.05, 0.1) is 6.42 Å². The molecule has 0 fully saturated rings. The lowest BCUT2D eigenvalue weighted by Crippen LogP contribution is -2.38. The molecule has 81 heavy (non-hydrogen) atoms. The molecule has 0 N–H and O–H groups in total. The van der Waals surface area contributed by atoms with E-state index in [0.29, 0.717) is 0 Å². The van der Waals surface area contributed by atoms with Gasteiger partial charge in [-0.15, -0.1) is 0 Å². The van der Waals surface area contributed by atoms with Crippen molar-refractivity contribution in [2.45, 2.75) is 444 Å². The largest absolute Gasteiger partial charge is 0.205 e. The molecule has 0 aliphatic heterocycles. The third kappa shape index (κ3) is 49.2. The molecule has 0 unspecified atom stereocenters. The van der Waals surface area contributed by atoms with E-state index in [1.54, 1.807) is 11.1 Å². The highest BCUT2D eigenvalue weighted by Gasteiger charge is 2.16. The molecule has 0 saturated carbocycles. The Morgan fingerprint density at radius 2 is 0.346 bits per heavy atom. The molecular formula is C79H148N2+2. The van der Waals surface area contributed by atoms with Crippen molar-refractivity contribution in [3.63, 3.8) is 0 Å². The molecule has 2 nitrogen and oxygen atoms in total. The van der Waals surface area contributed by atoms with Crippen molar-refractivity contribution in [2.75, 3.05) is 0 Å². The van der Waals surface area contributed by atoms with E-state index in [0.717, 1.165) is 24.9 Å². The van der Waals surface area contributed by atoms with Gasteiger partial charge in [-0.2, -0.15) is 0 Å². The van der Waals surface area contributed by atoms with Gasteiger partial charge < -0.3 is 0 Å². The number of nitrogens with zero attached hydrogens (tertiary/aromatic N) is 2. The predicted octanol–water partition coefficient (Wildman–Crippen LogP) is 27.0. The van der Waals surface area contributed by atoms with Crippen molar-refractivity contribution in [2.24, 2.45) is 0 Å². The van der Waals surface area contributed by atoms with E-state index >= 15 is 0 Å². The van der Waals surface area contributed by atoms with Crippen LogP contribution in [0, 0.1) is 0 Å². The Hall–Kier alpha value is -1.70. The van der Waals surface area contributed by atoms with Gasteiger partial charge >= 0.3 is 0 Å². The Morgan fingerprint density at radius 1 is 0.198 bits per heavy atom. The molecule has 0 bridgehead atoms. The lowest BCUT2D eigenvalue weighted by atomic mass is 9.88. The summed E-state index contributed by atoms with van der Waals surface area (Å²) in [5, 5.41) is 0. The molecule has 0 saturated heterocycles. The molecule has 2 rings (SSSR count). The summed E-state index contributed by atoms with van der Waals surface area (Å²) in [6, 6.07) is 10.0. The van der Waals surface area contributed by atoms with Crippen LogP contribution in [-0.2, 0) is 13.1 Å². The van der Waals surface area contributed by atoms with Crippen molar-refractivity contribution in [3.8, 4) is 0 Å². The number of pyridine rings is 2. The van der Waals surface area contributed by atoms with Gasteiger partial charge in [-0.3, -0.25) is 0 Å². The van der Waals surface area contributed by atoms with E-state index < -0.39 is 0 Å². The summed E-state index contributed by atoms with van der Waals surface area (Å²) in [4.78, 5) is 0. The fraction of sp³-hybridized carbons (Fsp3) is 0.873. The first-order valence-corrected chi connectivity index (χ1v) is 38.2. The molecule has 0 aliphatic carbocycles. The normalized spacial score (nSPS) is 11.8. The lowest BCUT2D eigenvalue weighted by molar-refractivity contribution is -0.727. The summed E-state index contributed by atoms with van der Waals surface area (Å²) < 4.78 is 4.94. The number of hydrogen-bond acceptors (Lipinski definition) is 0. The first-order valence-electron chi connectivity index (χ1n) is 38.2. The minimum absolute atomic E-state index is 0.732. The maximum absolute atomic E-state index is 2.51. The van der Waals surface area contributed by atoms with Gasteiger partial charge in [0.1, 0.15) is 0 Å². The van der Waals surface area contributed by atoms with Crippen molar-refractivity contribution in [3.05, 3.63) is 60.2 Å². The predicted molar refractivity (Wildman–Crippen MR) is 363 cm³/mol. The highest BCUT2D eigenvalue weighted by molar-refractivity contribution is 5.14. The van der Waals surface area contributed by atoms with Gasteiger partial charge in [-0.1, -0.05) is 387 Å². The number of aryl methyl sites for hydroxylation is 2. The van der Waals surface area contributed by atoms with E-state index in [-0.39, 0.29) is 0 Å². The third-order valence-electron chi connectivity index (χ3n) is 19.2. The summed E-state index contributed by atoms with van der Waals surface area (Å²) in [5.74, 6) is 1.46. The molecule has 0 amide bonds. The minimum atomic E-state index is 0.732. The molecular weight excluding hydrogens is 977 g/mol. The summed E-state index contributed by atoms with van der Waals surface area (Å²) in [7, 11) is 0. The van der Waals surface area contributed by atoms with Crippen LogP contribution < -0.4 is 9.13 Å². The summed E-state index contributed by atoms with van der Waals surface area (Å²) in [6.45, 7) is 11.5. The molecule has 2 heteroatoms. The third-order valence-corrected chi connectivity index (χ3v) is 19.2. The first kappa shape index (κ1) is 75.4. The summed E-state index contributed by atoms with van der Waals surface area (Å²) in [5.41, 5.74) is 3.22. The number of aromatic nitrogens is 2. The molecule has 2 aromatic heterocycles. The second-order valence-electron chi connectivity index (χ2n) is 27.0. The van der Waals surface area contributed by atoms with Crippen LogP contribution >= 0.6 is 0 Å². The van der Waals surface area contributed by atoms with E-state index in [1.165, 1.54) is 392 Å². The quantitative estimate of drug-likeness (QED) is 0.0461. The molecule has 0 aliphatic rings. The number of rotatable bonds is 66. The fourth-order valence-corrected chi connectivity index (χ4v) is 13.5. The van der Waals surface area contributed by atoms with Gasteiger partial charge in [0.25, 0.3) is 0 Å². The van der Waals surface area contributed by atoms with Crippen LogP contribution in [0.15, 0.2) is 49.1 Å². The van der Waals surface area contributed by atoms with Crippen LogP contribution in [0.5, 0.6) is 0 Å². The average Bonchev–Trinajstić information content (AvgIpc) is 3.49. The number of unbranched alkanes of at least 4 members (excludes halogenated alkanes) is 52. The van der Waals surface area contributed by atoms with Gasteiger partial charge in [0, 0.05) is 24.3 Å². The van der Waals surface area contributed by atoms with Crippen LogP contribution in [-0.4, -0.2) is 0 Å². The van der Waals surface area contributed by atoms with Gasteiger partial charge in [-0.05, 0) is 48.6 Å². The Labute approximate surface area is 511 Å². The van der Waals surface area contributed by atoms with Crippen LogP contribution in [0.3, 0.4) is 0 Å². The Balaban J connectivity index is 1.82. The maximum Gasteiger partial charge on any atom is 0.169 e. The zero-order chi connectivity index (χ0) is 57.7. The van der Waals surface area contributed by atoms with Gasteiger partial charge in [0.2, 0.25) is 0 Å². The Kier molecular flexibility index (Phi) is 57.1. The molecule has 0 atom stereocenters. The number of hydrogen-bond donors (Lipinski definition) is 0. The van der Waals surface area contributed by atoms with Gasteiger partial charge in [0.15, 0.2) is 37.9 Å². The SMILES string of the molecule is CCCCCCCCCCCCCCCCC(CCCCCCCCCCCCCCCC)c1cc[n+](CCC[n+]2ccc(C(CCCCCCCCCCCCCCCC)CCCCCCCCCCCCCCCC)cc2)cc1. The Morgan fingerprint density at radius 3 is 0.506 bits per heavy atom. The smallest absolute Gasteiger partial charge is 0.169 e. The monoisotopic (exact) mass is 1130 g/mol. The van der Waals surface area contributed by atoms with Crippen LogP contribution in [0.2, 0.25) is 0 Å². The average molecular weight is 1130 g/mol. The molecule has 0 spiro atoms. The van der Waals surface area contributed by atoms with E-state index in [1.807, 2.05) is 0 Å². The summed E-state index contributed by atoms with van der Waals surface area (Å²) in [6.07, 6.45) is 97.3. The van der Waals surface area contributed by atoms with E-state index in [4.69, 9.17) is 0 Å². The van der Waals surface area contributed by atoms with Crippen molar-refractivity contribution in [1.82, 2.24) is 0 Å². The van der Waals surface area contributed by atoms with E-state index in [9.17, 15) is 0 Å². The highest BCUT2D eigenvalue weighted by Crippen LogP contribution is 2.30. The molecule has 0 radical (unpaired) electrons. The molecule has 2 heterocycles. The maximum atomic E-state index is 2.51. The lowest BCUT2D eigenvalue weighted by Gasteiger charge is -2.17. The summed E-state index contributed by atoms with van der Waals surface area (Å²) >= 11 is 0. The van der Waals surface area contributed by atoms with Gasteiger partial charge in [-0.25, -0.2) is 9.13 Å². The van der Waals surface area contributed by atoms with Crippen molar-refractivity contribution in [1.29, 1.82) is 0 Å². The standard InChI is InChI=1S/C79H148N2/c1-5-9-13-17-21-25-29-33-37-41-45-49-53-57-62-76(63-58-54-50-46-42-38-34-30-26-22-18-14-10-6-2)78-66-72-80(73-67-78)70-61-71-81-74-68-79(69-75-81)77(64-59-55-51-47-43-39-35-31-27-23-19-15-11-7-3)65-60-56-52-48-44-40-36-32-28-24-20-16-12-8-4/h66-69,72-77H,5-65,70-71H2,1-4H3/q+2. The van der Waals surface area contributed by atoms with E-state index in [2.05, 4.69) is 85.9 Å². The molecule has 0 aromatic carbocycles. The van der Waals surface area contributed by atoms with Crippen LogP contribution in [0.1, 0.15) is 442 Å². The van der Waals surface area contributed by atoms with Crippen molar-refractivity contribution < 1.29 is 9.13 Å². The van der Waals surface area contributed by atoms with Crippen LogP contribution in [0.4, 0.5) is 0 Å². The molecule has 472 valence electrons. The minimum Gasteiger partial charge on any atom is -0.205 e. The second-order valence-corrected chi connectivity index (χ2v) is 27.0. The van der Waals surface area contributed by atoms with Crippen molar-refractivity contribution >= 4 is 0 Å². The topological polar surface area (TPSA) is 7.76 Å². The molecule has 2 aromatic rings. The zero-order valence-corrected chi connectivity index (χ0v) is 56.2. The zero-order valence-electron chi connectivity index (χ0n) is 56.2. The fourth-order valence-electron chi connectivity index (χ4n) is 13.5. The van der Waals surface area contributed by atoms with Crippen LogP contribution in [0.25, 0.3) is 0 Å².